The molecule has 0 saturated carbocycles. The number of benzene rings is 1. The minimum absolute atomic E-state index is 0. The number of nitrogens with zero attached hydrogens (tertiary/aromatic N) is 1. The second-order valence-corrected chi connectivity index (χ2v) is 5.98. The molecular formula is C19H24Cl2N2O5. The highest BCUT2D eigenvalue weighted by Gasteiger charge is 2.31. The fourth-order valence-corrected chi connectivity index (χ4v) is 3.03. The average molecular weight is 431 g/mol. The van der Waals surface area contributed by atoms with Gasteiger partial charge in [0.1, 0.15) is 23.6 Å². The summed E-state index contributed by atoms with van der Waals surface area (Å²) in [6.45, 7) is 6.64. The second kappa shape index (κ2) is 10.4. The largest absolute Gasteiger partial charge is 0.496 e. The molecule has 2 heterocycles. The van der Waals surface area contributed by atoms with Gasteiger partial charge in [0.05, 0.1) is 19.2 Å². The van der Waals surface area contributed by atoms with Crippen molar-refractivity contribution in [1.82, 2.24) is 10.3 Å². The fourth-order valence-electron chi connectivity index (χ4n) is 3.03. The van der Waals surface area contributed by atoms with Crippen LogP contribution in [0.5, 0.6) is 17.4 Å². The molecule has 1 aromatic carbocycles. The van der Waals surface area contributed by atoms with Gasteiger partial charge in [-0.25, -0.2) is 4.98 Å². The van der Waals surface area contributed by atoms with Crippen molar-refractivity contribution in [3.63, 3.8) is 0 Å². The van der Waals surface area contributed by atoms with Crippen LogP contribution in [-0.4, -0.2) is 48.5 Å². The SMILES string of the molecule is C=Cc1cc2c(O[C@H]3CN[C@H](C(=O)O)C3)cc(OCC)nc2cc1OC.Cl.Cl. The standard InChI is InChI=1S/C19H22N2O5.2ClH/c1-4-11-6-13-14(8-16(11)24-3)21-18(25-5-2)9-17(13)26-12-7-15(19(22)23)20-10-12;;/h4,6,8-9,12,15,20H,1,5,7,10H2,2-3H3,(H,22,23);2*1H/t12-,15+;;/m1../s1. The lowest BCUT2D eigenvalue weighted by Crippen LogP contribution is -2.30. The van der Waals surface area contributed by atoms with Crippen LogP contribution in [0.4, 0.5) is 0 Å². The van der Waals surface area contributed by atoms with E-state index in [1.807, 2.05) is 19.1 Å². The first kappa shape index (κ1) is 23.8. The van der Waals surface area contributed by atoms with Gasteiger partial charge >= 0.3 is 5.97 Å². The third kappa shape index (κ3) is 4.98. The molecule has 1 fully saturated rings. The van der Waals surface area contributed by atoms with Gasteiger partial charge in [-0.3, -0.25) is 4.79 Å². The van der Waals surface area contributed by atoms with Gasteiger partial charge in [0, 0.05) is 36.0 Å². The van der Waals surface area contributed by atoms with Crippen LogP contribution in [0.2, 0.25) is 0 Å². The van der Waals surface area contributed by atoms with E-state index in [1.54, 1.807) is 19.3 Å². The predicted octanol–water partition coefficient (Wildman–Crippen LogP) is 3.32. The van der Waals surface area contributed by atoms with Crippen LogP contribution in [0.1, 0.15) is 18.9 Å². The topological polar surface area (TPSA) is 89.9 Å². The molecule has 28 heavy (non-hydrogen) atoms. The Morgan fingerprint density at radius 2 is 2.11 bits per heavy atom. The van der Waals surface area contributed by atoms with Gasteiger partial charge in [-0.2, -0.15) is 0 Å². The van der Waals surface area contributed by atoms with E-state index in [2.05, 4.69) is 16.9 Å². The van der Waals surface area contributed by atoms with Crippen LogP contribution in [0.25, 0.3) is 17.0 Å². The van der Waals surface area contributed by atoms with E-state index >= 15 is 0 Å². The number of methoxy groups -OCH3 is 1. The first-order valence-corrected chi connectivity index (χ1v) is 8.46. The summed E-state index contributed by atoms with van der Waals surface area (Å²) in [4.78, 5) is 15.6. The van der Waals surface area contributed by atoms with Crippen molar-refractivity contribution in [2.24, 2.45) is 0 Å². The highest BCUT2D eigenvalue weighted by Crippen LogP contribution is 2.35. The number of ether oxygens (including phenoxy) is 3. The summed E-state index contributed by atoms with van der Waals surface area (Å²) in [6.07, 6.45) is 1.86. The van der Waals surface area contributed by atoms with Gasteiger partial charge in [0.25, 0.3) is 0 Å². The Morgan fingerprint density at radius 1 is 1.36 bits per heavy atom. The molecule has 0 radical (unpaired) electrons. The third-order valence-corrected chi connectivity index (χ3v) is 4.29. The molecule has 0 unspecified atom stereocenters. The summed E-state index contributed by atoms with van der Waals surface area (Å²) in [5.74, 6) is 0.837. The minimum Gasteiger partial charge on any atom is -0.496 e. The van der Waals surface area contributed by atoms with Gasteiger partial charge in [0.15, 0.2) is 0 Å². The van der Waals surface area contributed by atoms with Crippen molar-refractivity contribution in [2.45, 2.75) is 25.5 Å². The number of carboxylic acids is 1. The summed E-state index contributed by atoms with van der Waals surface area (Å²) < 4.78 is 17.0. The normalized spacial score (nSPS) is 17.9. The number of aromatic nitrogens is 1. The molecule has 0 bridgehead atoms. The Balaban J connectivity index is 0.00000196. The lowest BCUT2D eigenvalue weighted by Gasteiger charge is -2.17. The number of carboxylic acid groups (broad SMARTS) is 1. The smallest absolute Gasteiger partial charge is 0.320 e. The number of fused-ring (bicyclic) bond motifs is 1. The molecule has 2 N–H and O–H groups in total. The summed E-state index contributed by atoms with van der Waals surface area (Å²) in [5.41, 5.74) is 1.50. The fraction of sp³-hybridized carbons (Fsp3) is 0.368. The molecule has 9 heteroatoms. The predicted molar refractivity (Wildman–Crippen MR) is 113 cm³/mol. The Kier molecular flexibility index (Phi) is 8.81. The maximum absolute atomic E-state index is 11.1. The monoisotopic (exact) mass is 430 g/mol. The molecule has 2 aromatic rings. The zero-order chi connectivity index (χ0) is 18.7. The van der Waals surface area contributed by atoms with Crippen molar-refractivity contribution < 1.29 is 24.1 Å². The molecule has 2 atom stereocenters. The van der Waals surface area contributed by atoms with Crippen LogP contribution in [0.3, 0.4) is 0 Å². The molecule has 0 aliphatic carbocycles. The highest BCUT2D eigenvalue weighted by molar-refractivity contribution is 5.90. The van der Waals surface area contributed by atoms with E-state index in [0.29, 0.717) is 42.5 Å². The lowest BCUT2D eigenvalue weighted by molar-refractivity contribution is -0.139. The van der Waals surface area contributed by atoms with Crippen LogP contribution in [-0.2, 0) is 4.79 Å². The van der Waals surface area contributed by atoms with Crippen molar-refractivity contribution in [1.29, 1.82) is 0 Å². The van der Waals surface area contributed by atoms with Gasteiger partial charge in [-0.15, -0.1) is 24.8 Å². The highest BCUT2D eigenvalue weighted by atomic mass is 35.5. The Morgan fingerprint density at radius 3 is 2.68 bits per heavy atom. The van der Waals surface area contributed by atoms with Crippen molar-refractivity contribution in [3.05, 3.63) is 30.3 Å². The Labute approximate surface area is 175 Å². The number of hydrogen-bond acceptors (Lipinski definition) is 6. The zero-order valence-electron chi connectivity index (χ0n) is 15.6. The molecule has 0 spiro atoms. The molecule has 154 valence electrons. The molecule has 7 nitrogen and oxygen atoms in total. The van der Waals surface area contributed by atoms with E-state index in [1.165, 1.54) is 0 Å². The summed E-state index contributed by atoms with van der Waals surface area (Å²) >= 11 is 0. The van der Waals surface area contributed by atoms with Crippen molar-refractivity contribution in [3.8, 4) is 17.4 Å². The first-order valence-electron chi connectivity index (χ1n) is 8.46. The van der Waals surface area contributed by atoms with Crippen LogP contribution >= 0.6 is 24.8 Å². The number of aliphatic carboxylic acids is 1. The molecule has 3 rings (SSSR count). The first-order chi connectivity index (χ1) is 12.5. The number of halogens is 2. The van der Waals surface area contributed by atoms with Crippen molar-refractivity contribution >= 4 is 47.8 Å². The second-order valence-electron chi connectivity index (χ2n) is 5.98. The Bertz CT molecular complexity index is 847. The number of pyridine rings is 1. The van der Waals surface area contributed by atoms with Crippen LogP contribution < -0.4 is 19.5 Å². The van der Waals surface area contributed by atoms with E-state index in [0.717, 1.165) is 10.9 Å². The third-order valence-electron chi connectivity index (χ3n) is 4.29. The number of nitrogens with one attached hydrogen (secondary N) is 1. The van der Waals surface area contributed by atoms with Crippen LogP contribution in [0.15, 0.2) is 24.8 Å². The quantitative estimate of drug-likeness (QED) is 0.695. The van der Waals surface area contributed by atoms with E-state index in [9.17, 15) is 4.79 Å². The van der Waals surface area contributed by atoms with E-state index in [-0.39, 0.29) is 30.9 Å². The molecule has 1 aromatic heterocycles. The van der Waals surface area contributed by atoms with Crippen molar-refractivity contribution in [2.75, 3.05) is 20.3 Å². The molecule has 0 amide bonds. The number of carbonyl (C=O) groups is 1. The molecule has 1 aliphatic rings. The van der Waals surface area contributed by atoms with Gasteiger partial charge in [-0.1, -0.05) is 12.7 Å². The molecular weight excluding hydrogens is 407 g/mol. The minimum atomic E-state index is -0.871. The van der Waals surface area contributed by atoms with Gasteiger partial charge < -0.3 is 24.6 Å². The lowest BCUT2D eigenvalue weighted by atomic mass is 10.1. The zero-order valence-corrected chi connectivity index (χ0v) is 17.3. The number of rotatable bonds is 7. The summed E-state index contributed by atoms with van der Waals surface area (Å²) in [6, 6.07) is 4.85. The molecule has 1 aliphatic heterocycles. The van der Waals surface area contributed by atoms with E-state index in [4.69, 9.17) is 19.3 Å². The summed E-state index contributed by atoms with van der Waals surface area (Å²) in [7, 11) is 1.59. The summed E-state index contributed by atoms with van der Waals surface area (Å²) in [5, 5.41) is 12.9. The maximum Gasteiger partial charge on any atom is 0.320 e. The average Bonchev–Trinajstić information content (AvgIpc) is 3.10. The maximum atomic E-state index is 11.1. The van der Waals surface area contributed by atoms with Gasteiger partial charge in [-0.05, 0) is 13.0 Å². The van der Waals surface area contributed by atoms with Gasteiger partial charge in [0.2, 0.25) is 5.88 Å². The van der Waals surface area contributed by atoms with E-state index < -0.39 is 12.0 Å². The Hall–Kier alpha value is -2.22. The molecule has 1 saturated heterocycles. The van der Waals surface area contributed by atoms with Crippen LogP contribution in [0, 0.1) is 0 Å². The number of hydrogen-bond donors (Lipinski definition) is 2.